The first-order valence-corrected chi connectivity index (χ1v) is 14.5. The molecule has 0 N–H and O–H groups in total. The van der Waals surface area contributed by atoms with Gasteiger partial charge in [0.2, 0.25) is 11.8 Å². The van der Waals surface area contributed by atoms with Crippen LogP contribution in [0.3, 0.4) is 0 Å². The highest BCUT2D eigenvalue weighted by Crippen LogP contribution is 2.46. The number of amides is 3. The summed E-state index contributed by atoms with van der Waals surface area (Å²) in [5.41, 5.74) is 0.910. The topological polar surface area (TPSA) is 122 Å². The predicted molar refractivity (Wildman–Crippen MR) is 154 cm³/mol. The number of ether oxygens (including phenoxy) is 1. The van der Waals surface area contributed by atoms with Crippen LogP contribution in [0.5, 0.6) is 0 Å². The van der Waals surface area contributed by atoms with Gasteiger partial charge in [-0.2, -0.15) is 8.78 Å². The third-order valence-electron chi connectivity index (χ3n) is 8.41. The molecule has 2 fully saturated rings. The Balaban J connectivity index is 1.19. The number of aromatic nitrogens is 3. The number of benzene rings is 1. The van der Waals surface area contributed by atoms with Gasteiger partial charge >= 0.3 is 12.5 Å². The Kier molecular flexibility index (Phi) is 6.97. The smallest absolute Gasteiger partial charge is 0.410 e. The quantitative estimate of drug-likeness (QED) is 0.363. The Morgan fingerprint density at radius 2 is 1.84 bits per heavy atom. The zero-order chi connectivity index (χ0) is 31.6. The zero-order valence-electron chi connectivity index (χ0n) is 25.3. The largest absolute Gasteiger partial charge is 0.444 e. The minimum Gasteiger partial charge on any atom is -0.444 e. The Labute approximate surface area is 253 Å². The van der Waals surface area contributed by atoms with E-state index < -0.39 is 29.2 Å². The molecule has 2 aromatic heterocycles. The molecule has 1 aliphatic carbocycles. The molecule has 2 aliphatic heterocycles. The van der Waals surface area contributed by atoms with Crippen molar-refractivity contribution >= 4 is 23.6 Å². The molecule has 13 heteroatoms. The third kappa shape index (κ3) is 5.28. The number of piperazine rings is 1. The van der Waals surface area contributed by atoms with Gasteiger partial charge in [-0.15, -0.1) is 10.2 Å². The lowest BCUT2D eigenvalue weighted by Crippen LogP contribution is -2.58. The summed E-state index contributed by atoms with van der Waals surface area (Å²) in [5.74, 6) is -1.67. The van der Waals surface area contributed by atoms with Crippen LogP contribution < -0.4 is 4.90 Å². The molecule has 3 aliphatic rings. The van der Waals surface area contributed by atoms with E-state index in [1.54, 1.807) is 32.0 Å². The Hall–Kier alpha value is -4.42. The maximum absolute atomic E-state index is 13.7. The predicted octanol–water partition coefficient (Wildman–Crippen LogP) is 5.12. The summed E-state index contributed by atoms with van der Waals surface area (Å²) in [5, 5.41) is 6.93. The lowest BCUT2D eigenvalue weighted by molar-refractivity contribution is -0.134. The molecule has 44 heavy (non-hydrogen) atoms. The molecule has 1 saturated heterocycles. The van der Waals surface area contributed by atoms with Gasteiger partial charge in [0.25, 0.3) is 11.8 Å². The number of fused-ring (bicyclic) bond motifs is 1. The average molecular weight is 609 g/mol. The van der Waals surface area contributed by atoms with Crippen molar-refractivity contribution in [2.24, 2.45) is 0 Å². The number of rotatable bonds is 5. The molecule has 6 rings (SSSR count). The van der Waals surface area contributed by atoms with Crippen molar-refractivity contribution in [1.29, 1.82) is 0 Å². The van der Waals surface area contributed by atoms with Crippen molar-refractivity contribution < 1.29 is 32.3 Å². The van der Waals surface area contributed by atoms with E-state index in [-0.39, 0.29) is 30.0 Å². The minimum atomic E-state index is -2.88. The number of halogens is 2. The molecule has 0 radical (unpaired) electrons. The summed E-state index contributed by atoms with van der Waals surface area (Å²) in [6.45, 7) is 10.9. The standard InChI is InChI=1S/C31H34F2N6O5/c1-29(2,3)44-28(42)39-13-12-37(17-31(39)10-11-31)20-8-9-21-22(14-20)30(4,5)27(41)38(26(21)40)16-19-7-6-18(15-34-19)24-35-36-25(43-24)23(32)33/h6-9,14-15,23H,10-13,16-17H2,1-5H3. The van der Waals surface area contributed by atoms with Crippen LogP contribution in [-0.4, -0.2) is 73.7 Å². The molecule has 1 spiro atoms. The minimum absolute atomic E-state index is 0.0656. The molecule has 4 heterocycles. The summed E-state index contributed by atoms with van der Waals surface area (Å²) in [6, 6.07) is 8.72. The van der Waals surface area contributed by atoms with E-state index in [0.29, 0.717) is 42.0 Å². The molecular formula is C31H34F2N6O5. The molecular weight excluding hydrogens is 574 g/mol. The highest BCUT2D eigenvalue weighted by Gasteiger charge is 2.54. The second kappa shape index (κ2) is 10.3. The summed E-state index contributed by atoms with van der Waals surface area (Å²) < 4.78 is 36.2. The van der Waals surface area contributed by atoms with Crippen LogP contribution in [0.4, 0.5) is 19.3 Å². The molecule has 232 valence electrons. The van der Waals surface area contributed by atoms with Crippen molar-refractivity contribution in [3.8, 4) is 11.5 Å². The van der Waals surface area contributed by atoms with Crippen molar-refractivity contribution in [2.75, 3.05) is 24.5 Å². The lowest BCUT2D eigenvalue weighted by atomic mass is 9.77. The highest BCUT2D eigenvalue weighted by atomic mass is 19.3. The molecule has 0 unspecified atom stereocenters. The third-order valence-corrected chi connectivity index (χ3v) is 8.41. The van der Waals surface area contributed by atoms with Crippen LogP contribution in [-0.2, 0) is 21.5 Å². The van der Waals surface area contributed by atoms with Gasteiger partial charge < -0.3 is 14.1 Å². The summed E-state index contributed by atoms with van der Waals surface area (Å²) in [4.78, 5) is 49.8. The van der Waals surface area contributed by atoms with Crippen LogP contribution in [0.25, 0.3) is 11.5 Å². The Bertz CT molecular complexity index is 1630. The molecule has 3 amide bonds. The highest BCUT2D eigenvalue weighted by molar-refractivity contribution is 6.13. The first-order valence-electron chi connectivity index (χ1n) is 14.5. The van der Waals surface area contributed by atoms with E-state index in [1.165, 1.54) is 11.1 Å². The van der Waals surface area contributed by atoms with Gasteiger partial charge in [-0.3, -0.25) is 24.4 Å². The summed E-state index contributed by atoms with van der Waals surface area (Å²) in [7, 11) is 0. The first-order chi connectivity index (χ1) is 20.7. The molecule has 11 nitrogen and oxygen atoms in total. The number of imide groups is 1. The molecule has 0 bridgehead atoms. The maximum Gasteiger partial charge on any atom is 0.410 e. The second-order valence-electron chi connectivity index (χ2n) is 13.1. The zero-order valence-corrected chi connectivity index (χ0v) is 25.3. The van der Waals surface area contributed by atoms with E-state index >= 15 is 0 Å². The molecule has 0 atom stereocenters. The summed E-state index contributed by atoms with van der Waals surface area (Å²) in [6.07, 6.45) is -0.0157. The Morgan fingerprint density at radius 1 is 1.09 bits per heavy atom. The van der Waals surface area contributed by atoms with E-state index in [2.05, 4.69) is 20.1 Å². The number of anilines is 1. The van der Waals surface area contributed by atoms with Crippen LogP contribution in [0.1, 0.15) is 81.4 Å². The monoisotopic (exact) mass is 608 g/mol. The fourth-order valence-corrected chi connectivity index (χ4v) is 5.88. The van der Waals surface area contributed by atoms with E-state index in [1.807, 2.05) is 37.8 Å². The lowest BCUT2D eigenvalue weighted by Gasteiger charge is -2.44. The first kappa shape index (κ1) is 29.6. The number of alkyl halides is 2. The van der Waals surface area contributed by atoms with Gasteiger partial charge in [0.05, 0.1) is 28.8 Å². The normalized spacial score (nSPS) is 19.0. The fourth-order valence-electron chi connectivity index (χ4n) is 5.88. The SMILES string of the molecule is CC(C)(C)OC(=O)N1CCN(c2ccc3c(c2)C(C)(C)C(=O)N(Cc2ccc(-c4nnc(C(F)F)o4)cn2)C3=O)CC12CC2. The van der Waals surface area contributed by atoms with E-state index in [4.69, 9.17) is 9.15 Å². The van der Waals surface area contributed by atoms with Gasteiger partial charge in [0, 0.05) is 37.1 Å². The number of nitrogens with zero attached hydrogens (tertiary/aromatic N) is 6. The maximum atomic E-state index is 13.7. The van der Waals surface area contributed by atoms with Crippen LogP contribution in [0, 0.1) is 0 Å². The number of carbonyl (C=O) groups excluding carboxylic acids is 3. The van der Waals surface area contributed by atoms with Crippen molar-refractivity contribution in [2.45, 2.75) is 77.0 Å². The molecule has 3 aromatic rings. The van der Waals surface area contributed by atoms with E-state index in [0.717, 1.165) is 18.5 Å². The second-order valence-corrected chi connectivity index (χ2v) is 13.1. The van der Waals surface area contributed by atoms with Crippen LogP contribution >= 0.6 is 0 Å². The van der Waals surface area contributed by atoms with Gasteiger partial charge in [-0.05, 0) is 83.4 Å². The Morgan fingerprint density at radius 3 is 2.45 bits per heavy atom. The van der Waals surface area contributed by atoms with Crippen molar-refractivity contribution in [1.82, 2.24) is 25.0 Å². The number of hydrogen-bond acceptors (Lipinski definition) is 9. The van der Waals surface area contributed by atoms with E-state index in [9.17, 15) is 23.2 Å². The fraction of sp³-hybridized carbons (Fsp3) is 0.484. The van der Waals surface area contributed by atoms with Crippen LogP contribution in [0.15, 0.2) is 40.9 Å². The van der Waals surface area contributed by atoms with Gasteiger partial charge in [-0.25, -0.2) is 4.79 Å². The summed E-state index contributed by atoms with van der Waals surface area (Å²) >= 11 is 0. The van der Waals surface area contributed by atoms with Gasteiger partial charge in [0.15, 0.2) is 0 Å². The molecule has 1 saturated carbocycles. The number of pyridine rings is 1. The molecule has 1 aromatic carbocycles. The van der Waals surface area contributed by atoms with Gasteiger partial charge in [-0.1, -0.05) is 0 Å². The average Bonchev–Trinajstić information content (AvgIpc) is 3.53. The van der Waals surface area contributed by atoms with Gasteiger partial charge in [0.1, 0.15) is 5.60 Å². The van der Waals surface area contributed by atoms with Crippen molar-refractivity contribution in [3.05, 3.63) is 59.2 Å². The number of carbonyl (C=O) groups is 3. The van der Waals surface area contributed by atoms with Crippen molar-refractivity contribution in [3.63, 3.8) is 0 Å². The van der Waals surface area contributed by atoms with Crippen LogP contribution in [0.2, 0.25) is 0 Å². The number of hydrogen-bond donors (Lipinski definition) is 0.